The highest BCUT2D eigenvalue weighted by molar-refractivity contribution is 6.14. The molecule has 0 saturated carbocycles. The van der Waals surface area contributed by atoms with Crippen LogP contribution in [0, 0.1) is 0 Å². The molecule has 224 valence electrons. The number of benzene rings is 10. The molecule has 10 aromatic rings. The van der Waals surface area contributed by atoms with Gasteiger partial charge in [0, 0.05) is 0 Å². The lowest BCUT2D eigenvalue weighted by Gasteiger charge is -2.13. The molecule has 0 saturated heterocycles. The van der Waals surface area contributed by atoms with Gasteiger partial charge in [-0.1, -0.05) is 170 Å². The molecule has 48 heavy (non-hydrogen) atoms. The maximum Gasteiger partial charge on any atom is -0.00266 e. The zero-order valence-electron chi connectivity index (χ0n) is 26.5. The minimum Gasteiger partial charge on any atom is -0.0616 e. The Labute approximate surface area is 280 Å². The zero-order chi connectivity index (χ0) is 31.9. The van der Waals surface area contributed by atoms with Crippen LogP contribution in [0.15, 0.2) is 194 Å². The Morgan fingerprint density at radius 1 is 0.188 bits per heavy atom. The van der Waals surface area contributed by atoms with Crippen molar-refractivity contribution in [2.24, 2.45) is 0 Å². The maximum absolute atomic E-state index is 2.31. The summed E-state index contributed by atoms with van der Waals surface area (Å²) in [5.41, 5.74) is 5.22. The Hall–Kier alpha value is -6.24. The Balaban J connectivity index is 0.000000131. The third-order valence-corrected chi connectivity index (χ3v) is 9.62. The van der Waals surface area contributed by atoms with E-state index in [-0.39, 0.29) is 0 Å². The van der Waals surface area contributed by atoms with Gasteiger partial charge in [-0.2, -0.15) is 0 Å². The lowest BCUT2D eigenvalue weighted by molar-refractivity contribution is 1.70. The van der Waals surface area contributed by atoms with Crippen LogP contribution in [0.1, 0.15) is 0 Å². The molecule has 0 radical (unpaired) electrons. The Bertz CT molecular complexity index is 2480. The van der Waals surface area contributed by atoms with Crippen LogP contribution < -0.4 is 0 Å². The lowest BCUT2D eigenvalue weighted by atomic mass is 9.91. The van der Waals surface area contributed by atoms with Gasteiger partial charge >= 0.3 is 0 Å². The highest BCUT2D eigenvalue weighted by Gasteiger charge is 2.11. The molecule has 0 atom stereocenters. The molecule has 0 nitrogen and oxygen atoms in total. The van der Waals surface area contributed by atoms with Crippen LogP contribution >= 0.6 is 0 Å². The molecule has 0 aliphatic rings. The van der Waals surface area contributed by atoms with E-state index in [9.17, 15) is 0 Å². The number of rotatable bonds is 2. The average molecular weight is 609 g/mol. The van der Waals surface area contributed by atoms with Crippen molar-refractivity contribution in [2.75, 3.05) is 0 Å². The topological polar surface area (TPSA) is 0 Å². The first kappa shape index (κ1) is 28.0. The number of hydrogen-bond donors (Lipinski definition) is 0. The van der Waals surface area contributed by atoms with Crippen molar-refractivity contribution in [3.05, 3.63) is 194 Å². The Morgan fingerprint density at radius 2 is 0.458 bits per heavy atom. The standard InChI is InChI=1S/2C24H16/c2*1-2-8-18-15-21(14-13-17(18)7-1)24-22-11-5-3-9-19(22)16-20-10-4-6-12-23(20)24/h2*1-16H. The summed E-state index contributed by atoms with van der Waals surface area (Å²) in [6.07, 6.45) is 0. The molecule has 0 unspecified atom stereocenters. The Morgan fingerprint density at radius 3 is 0.792 bits per heavy atom. The van der Waals surface area contributed by atoms with Gasteiger partial charge < -0.3 is 0 Å². The van der Waals surface area contributed by atoms with Crippen LogP contribution in [0.5, 0.6) is 0 Å². The van der Waals surface area contributed by atoms with Crippen molar-refractivity contribution < 1.29 is 0 Å². The second-order valence-corrected chi connectivity index (χ2v) is 12.5. The zero-order valence-corrected chi connectivity index (χ0v) is 26.5. The van der Waals surface area contributed by atoms with Gasteiger partial charge in [-0.3, -0.25) is 0 Å². The van der Waals surface area contributed by atoms with E-state index in [0.29, 0.717) is 0 Å². The monoisotopic (exact) mass is 608 g/mol. The van der Waals surface area contributed by atoms with E-state index in [0.717, 1.165) is 0 Å². The molecule has 0 spiro atoms. The quantitative estimate of drug-likeness (QED) is 0.171. The Kier molecular flexibility index (Phi) is 6.91. The van der Waals surface area contributed by atoms with Crippen LogP contribution in [-0.2, 0) is 0 Å². The third-order valence-electron chi connectivity index (χ3n) is 9.62. The van der Waals surface area contributed by atoms with Crippen molar-refractivity contribution >= 4 is 64.6 Å². The minimum absolute atomic E-state index is 1.28. The molecule has 0 heterocycles. The first-order valence-corrected chi connectivity index (χ1v) is 16.6. The van der Waals surface area contributed by atoms with Gasteiger partial charge in [0.1, 0.15) is 0 Å². The van der Waals surface area contributed by atoms with E-state index in [1.807, 2.05) is 0 Å². The van der Waals surface area contributed by atoms with E-state index in [1.54, 1.807) is 0 Å². The molecule has 0 aliphatic heterocycles. The molecular formula is C48H32. The normalized spacial score (nSPS) is 11.3. The van der Waals surface area contributed by atoms with Gasteiger partial charge in [-0.05, 0) is 111 Å². The maximum atomic E-state index is 2.31. The van der Waals surface area contributed by atoms with Crippen molar-refractivity contribution in [1.82, 2.24) is 0 Å². The van der Waals surface area contributed by atoms with Gasteiger partial charge in [-0.15, -0.1) is 0 Å². The largest absolute Gasteiger partial charge is 0.0616 e. The van der Waals surface area contributed by atoms with Gasteiger partial charge in [0.05, 0.1) is 0 Å². The second-order valence-electron chi connectivity index (χ2n) is 12.5. The summed E-state index contributed by atoms with van der Waals surface area (Å²) in [5, 5.41) is 15.5. The molecule has 0 heteroatoms. The van der Waals surface area contributed by atoms with Crippen molar-refractivity contribution in [3.8, 4) is 22.3 Å². The van der Waals surface area contributed by atoms with Crippen LogP contribution in [0.4, 0.5) is 0 Å². The SMILES string of the molecule is c1ccc2cc(-c3c4ccccc4cc4ccccc34)ccc2c1.c1ccc2cc(-c3c4ccccc4cc4ccccc34)ccc2c1. The van der Waals surface area contributed by atoms with E-state index in [1.165, 1.54) is 86.9 Å². The van der Waals surface area contributed by atoms with Crippen LogP contribution in [0.25, 0.3) is 86.9 Å². The fraction of sp³-hybridized carbons (Fsp3) is 0. The van der Waals surface area contributed by atoms with Crippen LogP contribution in [-0.4, -0.2) is 0 Å². The minimum atomic E-state index is 1.28. The predicted octanol–water partition coefficient (Wildman–Crippen LogP) is 13.6. The van der Waals surface area contributed by atoms with Gasteiger partial charge in [0.15, 0.2) is 0 Å². The van der Waals surface area contributed by atoms with Gasteiger partial charge in [0.2, 0.25) is 0 Å². The molecule has 10 rings (SSSR count). The highest BCUT2D eigenvalue weighted by atomic mass is 14.1. The van der Waals surface area contributed by atoms with Crippen LogP contribution in [0.3, 0.4) is 0 Å². The molecule has 0 bridgehead atoms. The highest BCUT2D eigenvalue weighted by Crippen LogP contribution is 2.39. The van der Waals surface area contributed by atoms with Gasteiger partial charge in [0.25, 0.3) is 0 Å². The first-order chi connectivity index (χ1) is 23.8. The summed E-state index contributed by atoms with van der Waals surface area (Å²) in [4.78, 5) is 0. The molecule has 0 amide bonds. The van der Waals surface area contributed by atoms with Crippen molar-refractivity contribution in [1.29, 1.82) is 0 Å². The number of hydrogen-bond acceptors (Lipinski definition) is 0. The molecule has 0 aliphatic carbocycles. The molecule has 0 N–H and O–H groups in total. The molecule has 10 aromatic carbocycles. The second kappa shape index (κ2) is 11.8. The summed E-state index contributed by atoms with van der Waals surface area (Å²) < 4.78 is 0. The fourth-order valence-corrected chi connectivity index (χ4v) is 7.34. The molecule has 0 aromatic heterocycles. The summed E-state index contributed by atoms with van der Waals surface area (Å²) in [5.74, 6) is 0. The molecular weight excluding hydrogens is 577 g/mol. The van der Waals surface area contributed by atoms with E-state index in [4.69, 9.17) is 0 Å². The van der Waals surface area contributed by atoms with Crippen molar-refractivity contribution in [2.45, 2.75) is 0 Å². The van der Waals surface area contributed by atoms with Crippen molar-refractivity contribution in [3.63, 3.8) is 0 Å². The third kappa shape index (κ3) is 4.96. The summed E-state index contributed by atoms with van der Waals surface area (Å²) in [7, 11) is 0. The van der Waals surface area contributed by atoms with E-state index in [2.05, 4.69) is 194 Å². The molecule has 0 fully saturated rings. The van der Waals surface area contributed by atoms with E-state index >= 15 is 0 Å². The number of fused-ring (bicyclic) bond motifs is 6. The smallest absolute Gasteiger partial charge is 0.00266 e. The van der Waals surface area contributed by atoms with Crippen LogP contribution in [0.2, 0.25) is 0 Å². The average Bonchev–Trinajstić information content (AvgIpc) is 3.16. The first-order valence-electron chi connectivity index (χ1n) is 16.6. The summed E-state index contributed by atoms with van der Waals surface area (Å²) in [6, 6.07) is 69.9. The van der Waals surface area contributed by atoms with Gasteiger partial charge in [-0.25, -0.2) is 0 Å². The fourth-order valence-electron chi connectivity index (χ4n) is 7.34. The predicted molar refractivity (Wildman–Crippen MR) is 209 cm³/mol. The summed E-state index contributed by atoms with van der Waals surface area (Å²) >= 11 is 0. The van der Waals surface area contributed by atoms with E-state index < -0.39 is 0 Å². The summed E-state index contributed by atoms with van der Waals surface area (Å²) in [6.45, 7) is 0. The lowest BCUT2D eigenvalue weighted by Crippen LogP contribution is -1.86.